The molecule has 0 saturated carbocycles. The van der Waals surface area contributed by atoms with Crippen molar-refractivity contribution < 1.29 is 0 Å². The van der Waals surface area contributed by atoms with Crippen molar-refractivity contribution in [3.05, 3.63) is 10.0 Å². The lowest BCUT2D eigenvalue weighted by Crippen LogP contribution is -2.17. The molecule has 0 bridgehead atoms. The van der Waals surface area contributed by atoms with Crippen LogP contribution in [0.2, 0.25) is 0 Å². The van der Waals surface area contributed by atoms with Crippen LogP contribution in [0.1, 0.15) is 231 Å². The predicted molar refractivity (Wildman–Crippen MR) is 187 cm³/mol. The van der Waals surface area contributed by atoms with Crippen LogP contribution in [0.25, 0.3) is 0 Å². The molecule has 0 aliphatic heterocycles. The van der Waals surface area contributed by atoms with E-state index < -0.39 is 0 Å². The lowest BCUT2D eigenvalue weighted by Gasteiger charge is -2.23. The van der Waals surface area contributed by atoms with Crippen LogP contribution in [-0.4, -0.2) is 10.2 Å². The maximum atomic E-state index is 4.72. The summed E-state index contributed by atoms with van der Waals surface area (Å²) in [4.78, 5) is 0. The van der Waals surface area contributed by atoms with E-state index in [1.54, 1.807) is 0 Å². The van der Waals surface area contributed by atoms with Crippen molar-refractivity contribution >= 4 is 11.3 Å². The molecule has 1 rings (SSSR count). The Labute approximate surface area is 263 Å². The van der Waals surface area contributed by atoms with Gasteiger partial charge < -0.3 is 0 Å². The van der Waals surface area contributed by atoms with E-state index >= 15 is 0 Å². The van der Waals surface area contributed by atoms with Crippen molar-refractivity contribution in [1.29, 1.82) is 0 Å². The first-order chi connectivity index (χ1) is 19.8. The number of unbranched alkanes of at least 4 members (excludes halogenated alkanes) is 24. The average molecular weight is 591 g/mol. The molecular formula is C38H74N2S. The molecule has 0 radical (unpaired) electrons. The fourth-order valence-electron chi connectivity index (χ4n) is 6.15. The van der Waals surface area contributed by atoms with E-state index in [1.807, 2.05) is 11.3 Å². The molecule has 242 valence electrons. The maximum absolute atomic E-state index is 4.72. The highest BCUT2D eigenvalue weighted by Crippen LogP contribution is 2.37. The topological polar surface area (TPSA) is 25.8 Å². The van der Waals surface area contributed by atoms with Crippen LogP contribution in [0.3, 0.4) is 0 Å². The molecular weight excluding hydrogens is 516 g/mol. The summed E-state index contributed by atoms with van der Waals surface area (Å²) in [5.41, 5.74) is 0.304. The van der Waals surface area contributed by atoms with E-state index in [9.17, 15) is 0 Å². The van der Waals surface area contributed by atoms with Gasteiger partial charge in [0.05, 0.1) is 0 Å². The predicted octanol–water partition coefficient (Wildman–Crippen LogP) is 14.1. The fourth-order valence-corrected chi connectivity index (χ4v) is 7.26. The molecule has 0 aliphatic rings. The molecule has 0 amide bonds. The first-order valence-electron chi connectivity index (χ1n) is 18.7. The molecule has 0 atom stereocenters. The van der Waals surface area contributed by atoms with Gasteiger partial charge in [-0.3, -0.25) is 0 Å². The monoisotopic (exact) mass is 591 g/mol. The van der Waals surface area contributed by atoms with Crippen molar-refractivity contribution in [2.45, 2.75) is 232 Å². The van der Waals surface area contributed by atoms with Crippen LogP contribution in [0.5, 0.6) is 0 Å². The molecule has 0 aromatic carbocycles. The number of hydrogen-bond donors (Lipinski definition) is 0. The number of aromatic nitrogens is 2. The van der Waals surface area contributed by atoms with Crippen molar-refractivity contribution in [3.8, 4) is 0 Å². The third-order valence-corrected chi connectivity index (χ3v) is 11.0. The van der Waals surface area contributed by atoms with Gasteiger partial charge in [0, 0.05) is 10.8 Å². The minimum atomic E-state index is 0.152. The Balaban J connectivity index is 2.11. The molecule has 1 heterocycles. The van der Waals surface area contributed by atoms with Gasteiger partial charge in [-0.15, -0.1) is 21.5 Å². The molecule has 41 heavy (non-hydrogen) atoms. The van der Waals surface area contributed by atoms with E-state index in [4.69, 9.17) is 10.2 Å². The summed E-state index contributed by atoms with van der Waals surface area (Å²) in [5.74, 6) is 0. The first-order valence-corrected chi connectivity index (χ1v) is 19.5. The van der Waals surface area contributed by atoms with Crippen LogP contribution < -0.4 is 0 Å². The van der Waals surface area contributed by atoms with Gasteiger partial charge in [-0.25, -0.2) is 0 Å². The van der Waals surface area contributed by atoms with E-state index in [-0.39, 0.29) is 10.8 Å². The normalized spacial score (nSPS) is 12.4. The van der Waals surface area contributed by atoms with Crippen LogP contribution in [0, 0.1) is 0 Å². The van der Waals surface area contributed by atoms with Gasteiger partial charge in [0.25, 0.3) is 0 Å². The molecule has 0 unspecified atom stereocenters. The molecule has 0 saturated heterocycles. The lowest BCUT2D eigenvalue weighted by molar-refractivity contribution is 0.430. The van der Waals surface area contributed by atoms with Gasteiger partial charge in [0.1, 0.15) is 10.0 Å². The largest absolute Gasteiger partial charge is 0.143 e. The van der Waals surface area contributed by atoms with Gasteiger partial charge in [0.15, 0.2) is 0 Å². The zero-order chi connectivity index (χ0) is 30.1. The second-order valence-electron chi connectivity index (χ2n) is 14.7. The smallest absolute Gasteiger partial charge is 0.123 e. The molecule has 0 spiro atoms. The number of rotatable bonds is 30. The highest BCUT2D eigenvalue weighted by Gasteiger charge is 2.30. The molecule has 2 nitrogen and oxygen atoms in total. The van der Waals surface area contributed by atoms with E-state index in [0.29, 0.717) is 0 Å². The number of nitrogens with zero attached hydrogens (tertiary/aromatic N) is 2. The highest BCUT2D eigenvalue weighted by molar-refractivity contribution is 7.11. The van der Waals surface area contributed by atoms with Crippen LogP contribution >= 0.6 is 11.3 Å². The Morgan fingerprint density at radius 3 is 0.829 bits per heavy atom. The van der Waals surface area contributed by atoms with E-state index in [0.717, 1.165) is 0 Å². The Morgan fingerprint density at radius 1 is 0.366 bits per heavy atom. The van der Waals surface area contributed by atoms with Gasteiger partial charge in [-0.1, -0.05) is 208 Å². The summed E-state index contributed by atoms with van der Waals surface area (Å²) in [6.45, 7) is 14.1. The van der Waals surface area contributed by atoms with E-state index in [2.05, 4.69) is 41.5 Å². The van der Waals surface area contributed by atoms with Gasteiger partial charge in [-0.05, 0) is 12.8 Å². The Kier molecular flexibility index (Phi) is 23.5. The first kappa shape index (κ1) is 38.6. The van der Waals surface area contributed by atoms with Crippen LogP contribution in [-0.2, 0) is 10.8 Å². The van der Waals surface area contributed by atoms with E-state index in [1.165, 1.54) is 190 Å². The molecule has 1 aromatic rings. The van der Waals surface area contributed by atoms with Crippen LogP contribution in [0.15, 0.2) is 0 Å². The van der Waals surface area contributed by atoms with Gasteiger partial charge in [0.2, 0.25) is 0 Å². The van der Waals surface area contributed by atoms with Crippen molar-refractivity contribution in [1.82, 2.24) is 10.2 Å². The summed E-state index contributed by atoms with van der Waals surface area (Å²) in [7, 11) is 0. The zero-order valence-corrected chi connectivity index (χ0v) is 29.9. The third-order valence-electron chi connectivity index (χ3n) is 9.39. The summed E-state index contributed by atoms with van der Waals surface area (Å²) in [6, 6.07) is 0. The summed E-state index contributed by atoms with van der Waals surface area (Å²) in [6.07, 6.45) is 39.4. The Bertz CT molecular complexity index is 636. The second-order valence-corrected chi connectivity index (χ2v) is 15.6. The Hall–Kier alpha value is -0.440. The quantitative estimate of drug-likeness (QED) is 0.0833. The Morgan fingerprint density at radius 2 is 0.585 bits per heavy atom. The lowest BCUT2D eigenvalue weighted by atomic mass is 9.87. The van der Waals surface area contributed by atoms with Gasteiger partial charge in [-0.2, -0.15) is 0 Å². The summed E-state index contributed by atoms with van der Waals surface area (Å²) >= 11 is 1.90. The number of hydrogen-bond acceptors (Lipinski definition) is 3. The van der Waals surface area contributed by atoms with Crippen molar-refractivity contribution in [3.63, 3.8) is 0 Å². The maximum Gasteiger partial charge on any atom is 0.123 e. The standard InChI is InChI=1S/C38H74N2S/c1-7-9-11-13-15-17-19-21-23-25-27-29-31-33-37(3,4)35-39-40-36(41-35)38(5,6)34-32-30-28-26-24-22-20-18-16-14-12-10-8-2/h7-34H2,1-6H3. The molecule has 0 aliphatic carbocycles. The third kappa shape index (κ3) is 20.2. The SMILES string of the molecule is CCCCCCCCCCCCCCCC(C)(C)c1nnc(C(C)(C)CCCCCCCCCCCCCCC)s1. The molecule has 3 heteroatoms. The second kappa shape index (κ2) is 24.9. The fraction of sp³-hybridized carbons (Fsp3) is 0.947. The minimum Gasteiger partial charge on any atom is -0.143 e. The molecule has 0 N–H and O–H groups in total. The molecule has 1 aromatic heterocycles. The van der Waals surface area contributed by atoms with Crippen LogP contribution in [0.4, 0.5) is 0 Å². The van der Waals surface area contributed by atoms with Crippen molar-refractivity contribution in [2.75, 3.05) is 0 Å². The zero-order valence-electron chi connectivity index (χ0n) is 29.1. The van der Waals surface area contributed by atoms with Crippen molar-refractivity contribution in [2.24, 2.45) is 0 Å². The highest BCUT2D eigenvalue weighted by atomic mass is 32.1. The van der Waals surface area contributed by atoms with Gasteiger partial charge >= 0.3 is 0 Å². The minimum absolute atomic E-state index is 0.152. The average Bonchev–Trinajstić information content (AvgIpc) is 3.47. The molecule has 0 fully saturated rings. The summed E-state index contributed by atoms with van der Waals surface area (Å²) < 4.78 is 0. The summed E-state index contributed by atoms with van der Waals surface area (Å²) in [5, 5.41) is 11.9.